The lowest BCUT2D eigenvalue weighted by molar-refractivity contribution is -0.133. The lowest BCUT2D eigenvalue weighted by Crippen LogP contribution is -2.50. The maximum Gasteiger partial charge on any atom is 0.254 e. The third kappa shape index (κ3) is 5.98. The number of ether oxygens (including phenoxy) is 2. The van der Waals surface area contributed by atoms with E-state index in [1.165, 1.54) is 12.0 Å². The molecule has 31 heavy (non-hydrogen) atoms. The molecular formula is C23H28BrN3O4. The summed E-state index contributed by atoms with van der Waals surface area (Å²) in [4.78, 5) is 31.0. The molecule has 1 saturated heterocycles. The van der Waals surface area contributed by atoms with Crippen LogP contribution >= 0.6 is 15.9 Å². The number of methoxy groups -OCH3 is 1. The first-order valence-electron chi connectivity index (χ1n) is 10.1. The maximum atomic E-state index is 13.0. The zero-order valence-electron chi connectivity index (χ0n) is 18.1. The standard InChI is InChI=1S/C23H28BrN3O4/c1-25-9-11-27(12-10-25)21(28)15-26(2)23(29)18-13-19(24)22(20(14-18)30-3)31-16-17-7-5-4-6-8-17/h4-8,13-14H,9-12,15-16H2,1-3H3. The van der Waals surface area contributed by atoms with Crippen LogP contribution in [-0.4, -0.2) is 80.4 Å². The van der Waals surface area contributed by atoms with Gasteiger partial charge in [-0.25, -0.2) is 0 Å². The Kier molecular flexibility index (Phi) is 7.92. The van der Waals surface area contributed by atoms with Crippen LogP contribution in [0.3, 0.4) is 0 Å². The third-order valence-corrected chi connectivity index (χ3v) is 5.87. The summed E-state index contributed by atoms with van der Waals surface area (Å²) in [6, 6.07) is 13.1. The van der Waals surface area contributed by atoms with Crippen LogP contribution in [0.15, 0.2) is 46.9 Å². The molecular weight excluding hydrogens is 462 g/mol. The van der Waals surface area contributed by atoms with Crippen molar-refractivity contribution in [1.82, 2.24) is 14.7 Å². The normalized spacial score (nSPS) is 14.3. The Hall–Kier alpha value is -2.58. The van der Waals surface area contributed by atoms with E-state index in [0.29, 0.717) is 41.2 Å². The van der Waals surface area contributed by atoms with Gasteiger partial charge >= 0.3 is 0 Å². The first-order valence-corrected chi connectivity index (χ1v) is 10.9. The predicted octanol–water partition coefficient (Wildman–Crippen LogP) is 2.88. The Morgan fingerprint density at radius 3 is 2.42 bits per heavy atom. The van der Waals surface area contributed by atoms with Crippen molar-refractivity contribution < 1.29 is 19.1 Å². The highest BCUT2D eigenvalue weighted by atomic mass is 79.9. The number of carbonyl (C=O) groups excluding carboxylic acids is 2. The minimum atomic E-state index is -0.254. The number of hydrogen-bond donors (Lipinski definition) is 0. The summed E-state index contributed by atoms with van der Waals surface area (Å²) >= 11 is 3.49. The van der Waals surface area contributed by atoms with Gasteiger partial charge in [-0.2, -0.15) is 0 Å². The lowest BCUT2D eigenvalue weighted by Gasteiger charge is -2.33. The molecule has 166 valence electrons. The molecule has 3 rings (SSSR count). The molecule has 1 fully saturated rings. The number of amides is 2. The zero-order valence-corrected chi connectivity index (χ0v) is 19.7. The van der Waals surface area contributed by atoms with E-state index in [2.05, 4.69) is 20.8 Å². The average Bonchev–Trinajstić information content (AvgIpc) is 2.78. The summed E-state index contributed by atoms with van der Waals surface area (Å²) in [7, 11) is 5.21. The van der Waals surface area contributed by atoms with Gasteiger partial charge in [-0.05, 0) is 40.7 Å². The molecule has 0 radical (unpaired) electrons. The van der Waals surface area contributed by atoms with E-state index in [0.717, 1.165) is 18.7 Å². The lowest BCUT2D eigenvalue weighted by atomic mass is 10.1. The van der Waals surface area contributed by atoms with Crippen molar-refractivity contribution in [1.29, 1.82) is 0 Å². The number of rotatable bonds is 7. The first kappa shape index (κ1) is 23.1. The van der Waals surface area contributed by atoms with E-state index in [-0.39, 0.29) is 18.4 Å². The molecule has 1 heterocycles. The number of benzene rings is 2. The van der Waals surface area contributed by atoms with Crippen molar-refractivity contribution in [3.05, 3.63) is 58.1 Å². The fourth-order valence-corrected chi connectivity index (χ4v) is 3.92. The molecule has 0 atom stereocenters. The molecule has 0 bridgehead atoms. The van der Waals surface area contributed by atoms with Crippen LogP contribution in [0.1, 0.15) is 15.9 Å². The van der Waals surface area contributed by atoms with Gasteiger partial charge < -0.3 is 24.2 Å². The molecule has 7 nitrogen and oxygen atoms in total. The summed E-state index contributed by atoms with van der Waals surface area (Å²) in [5.41, 5.74) is 1.45. The predicted molar refractivity (Wildman–Crippen MR) is 123 cm³/mol. The quantitative estimate of drug-likeness (QED) is 0.598. The number of hydrogen-bond acceptors (Lipinski definition) is 5. The molecule has 2 aromatic rings. The second kappa shape index (κ2) is 10.6. The Morgan fingerprint density at radius 2 is 1.77 bits per heavy atom. The van der Waals surface area contributed by atoms with E-state index in [1.54, 1.807) is 24.1 Å². The Balaban J connectivity index is 1.67. The maximum absolute atomic E-state index is 13.0. The highest BCUT2D eigenvalue weighted by Gasteiger charge is 2.24. The van der Waals surface area contributed by atoms with Crippen LogP contribution in [0.25, 0.3) is 0 Å². The topological polar surface area (TPSA) is 62.3 Å². The van der Waals surface area contributed by atoms with E-state index in [4.69, 9.17) is 9.47 Å². The van der Waals surface area contributed by atoms with Crippen LogP contribution in [0, 0.1) is 0 Å². The van der Waals surface area contributed by atoms with Crippen molar-refractivity contribution in [2.75, 3.05) is 53.9 Å². The van der Waals surface area contributed by atoms with Crippen LogP contribution < -0.4 is 9.47 Å². The van der Waals surface area contributed by atoms with E-state index < -0.39 is 0 Å². The Morgan fingerprint density at radius 1 is 1.10 bits per heavy atom. The highest BCUT2D eigenvalue weighted by Crippen LogP contribution is 2.37. The van der Waals surface area contributed by atoms with Crippen LogP contribution in [0.5, 0.6) is 11.5 Å². The molecule has 8 heteroatoms. The molecule has 0 N–H and O–H groups in total. The molecule has 2 aromatic carbocycles. The van der Waals surface area contributed by atoms with E-state index in [1.807, 2.05) is 37.4 Å². The summed E-state index contributed by atoms with van der Waals surface area (Å²) in [6.07, 6.45) is 0. The number of piperazine rings is 1. The van der Waals surface area contributed by atoms with Gasteiger partial charge in [0.2, 0.25) is 5.91 Å². The number of likely N-dealkylation sites (N-methyl/N-ethyl adjacent to an activating group) is 2. The minimum absolute atomic E-state index is 0.0364. The monoisotopic (exact) mass is 489 g/mol. The van der Waals surface area contributed by atoms with Gasteiger partial charge in [-0.1, -0.05) is 30.3 Å². The van der Waals surface area contributed by atoms with Crippen molar-refractivity contribution in [3.63, 3.8) is 0 Å². The molecule has 1 aliphatic heterocycles. The van der Waals surface area contributed by atoms with Crippen LogP contribution in [0.4, 0.5) is 0 Å². The fraction of sp³-hybridized carbons (Fsp3) is 0.391. The molecule has 0 aromatic heterocycles. The van der Waals surface area contributed by atoms with Crippen molar-refractivity contribution >= 4 is 27.7 Å². The fourth-order valence-electron chi connectivity index (χ4n) is 3.36. The van der Waals surface area contributed by atoms with Crippen molar-refractivity contribution in [2.24, 2.45) is 0 Å². The van der Waals surface area contributed by atoms with E-state index in [9.17, 15) is 9.59 Å². The molecule has 0 unspecified atom stereocenters. The molecule has 0 saturated carbocycles. The average molecular weight is 490 g/mol. The molecule has 1 aliphatic rings. The zero-order chi connectivity index (χ0) is 22.4. The molecule has 2 amide bonds. The number of halogens is 1. The second-order valence-corrected chi connectivity index (χ2v) is 8.46. The van der Waals surface area contributed by atoms with Crippen LogP contribution in [0.2, 0.25) is 0 Å². The van der Waals surface area contributed by atoms with Gasteiger partial charge in [-0.3, -0.25) is 9.59 Å². The Labute approximate surface area is 191 Å². The largest absolute Gasteiger partial charge is 0.493 e. The minimum Gasteiger partial charge on any atom is -0.493 e. The second-order valence-electron chi connectivity index (χ2n) is 7.61. The van der Waals surface area contributed by atoms with Crippen molar-refractivity contribution in [2.45, 2.75) is 6.61 Å². The number of carbonyl (C=O) groups is 2. The van der Waals surface area contributed by atoms with Crippen LogP contribution in [-0.2, 0) is 11.4 Å². The Bertz CT molecular complexity index is 915. The van der Waals surface area contributed by atoms with Gasteiger partial charge in [0.1, 0.15) is 6.61 Å². The van der Waals surface area contributed by atoms with Crippen molar-refractivity contribution in [3.8, 4) is 11.5 Å². The first-order chi connectivity index (χ1) is 14.9. The molecule has 0 spiro atoms. The molecule has 0 aliphatic carbocycles. The summed E-state index contributed by atoms with van der Waals surface area (Å²) < 4.78 is 12.0. The van der Waals surface area contributed by atoms with Gasteiger partial charge in [-0.15, -0.1) is 0 Å². The highest BCUT2D eigenvalue weighted by molar-refractivity contribution is 9.10. The SMILES string of the molecule is COc1cc(C(=O)N(C)CC(=O)N2CCN(C)CC2)cc(Br)c1OCc1ccccc1. The summed E-state index contributed by atoms with van der Waals surface area (Å²) in [6.45, 7) is 3.47. The summed E-state index contributed by atoms with van der Waals surface area (Å²) in [5, 5.41) is 0. The third-order valence-electron chi connectivity index (χ3n) is 5.28. The smallest absolute Gasteiger partial charge is 0.254 e. The van der Waals surface area contributed by atoms with Gasteiger partial charge in [0.15, 0.2) is 11.5 Å². The summed E-state index contributed by atoms with van der Waals surface area (Å²) in [5.74, 6) is 0.681. The van der Waals surface area contributed by atoms with Gasteiger partial charge in [0.25, 0.3) is 5.91 Å². The van der Waals surface area contributed by atoms with Gasteiger partial charge in [0.05, 0.1) is 18.1 Å². The van der Waals surface area contributed by atoms with Gasteiger partial charge in [0, 0.05) is 38.8 Å². The number of nitrogens with zero attached hydrogens (tertiary/aromatic N) is 3. The van der Waals surface area contributed by atoms with E-state index >= 15 is 0 Å².